The van der Waals surface area contributed by atoms with Crippen molar-refractivity contribution >= 4 is 5.96 Å². The van der Waals surface area contributed by atoms with E-state index in [4.69, 9.17) is 10.5 Å². The van der Waals surface area contributed by atoms with Crippen molar-refractivity contribution in [2.45, 2.75) is 26.9 Å². The van der Waals surface area contributed by atoms with Gasteiger partial charge in [0.25, 0.3) is 0 Å². The molecule has 5 nitrogen and oxygen atoms in total. The average Bonchev–Trinajstić information content (AvgIpc) is 2.48. The summed E-state index contributed by atoms with van der Waals surface area (Å²) in [7, 11) is 1.41. The van der Waals surface area contributed by atoms with Crippen LogP contribution in [0.1, 0.15) is 19.4 Å². The Kier molecular flexibility index (Phi) is 7.42. The van der Waals surface area contributed by atoms with Crippen LogP contribution in [0.3, 0.4) is 0 Å². The number of hydrogen-bond acceptors (Lipinski definition) is 3. The van der Waals surface area contributed by atoms with Crippen LogP contribution in [0.4, 0.5) is 8.78 Å². The third-order valence-corrected chi connectivity index (χ3v) is 3.21. The average molecular weight is 315 g/mol. The van der Waals surface area contributed by atoms with Crippen LogP contribution >= 0.6 is 0 Å². The highest BCUT2D eigenvalue weighted by Crippen LogP contribution is 2.29. The van der Waals surface area contributed by atoms with Gasteiger partial charge in [0, 0.05) is 19.6 Å². The van der Waals surface area contributed by atoms with Gasteiger partial charge in [-0.15, -0.1) is 0 Å². The van der Waals surface area contributed by atoms with Gasteiger partial charge in [-0.05, 0) is 38.0 Å². The van der Waals surface area contributed by atoms with Crippen LogP contribution < -0.4 is 15.2 Å². The molecule has 0 saturated heterocycles. The summed E-state index contributed by atoms with van der Waals surface area (Å²) in [5, 5.41) is 0. The lowest BCUT2D eigenvalue weighted by Gasteiger charge is -2.19. The Labute approximate surface area is 129 Å². The van der Waals surface area contributed by atoms with E-state index < -0.39 is 6.61 Å². The van der Waals surface area contributed by atoms with Crippen LogP contribution in [0.15, 0.2) is 23.2 Å². The van der Waals surface area contributed by atoms with Gasteiger partial charge in [-0.2, -0.15) is 8.78 Å². The van der Waals surface area contributed by atoms with Crippen molar-refractivity contribution < 1.29 is 18.3 Å². The Morgan fingerprint density at radius 3 is 2.50 bits per heavy atom. The van der Waals surface area contributed by atoms with Crippen LogP contribution in [0.25, 0.3) is 0 Å². The van der Waals surface area contributed by atoms with Crippen LogP contribution in [-0.4, -0.2) is 44.2 Å². The molecule has 7 heteroatoms. The molecule has 0 spiro atoms. The Morgan fingerprint density at radius 2 is 1.95 bits per heavy atom. The first-order valence-electron chi connectivity index (χ1n) is 7.18. The van der Waals surface area contributed by atoms with Gasteiger partial charge in [0.15, 0.2) is 17.5 Å². The summed E-state index contributed by atoms with van der Waals surface area (Å²) >= 11 is 0. The monoisotopic (exact) mass is 315 g/mol. The fourth-order valence-electron chi connectivity index (χ4n) is 2.01. The lowest BCUT2D eigenvalue weighted by molar-refractivity contribution is -0.0512. The first kappa shape index (κ1) is 18.0. The van der Waals surface area contributed by atoms with Gasteiger partial charge in [-0.3, -0.25) is 4.99 Å². The van der Waals surface area contributed by atoms with E-state index in [0.29, 0.717) is 18.9 Å². The van der Waals surface area contributed by atoms with E-state index in [1.165, 1.54) is 13.2 Å². The predicted octanol–water partition coefficient (Wildman–Crippen LogP) is 2.50. The molecule has 1 rings (SSSR count). The Hall–Kier alpha value is -2.05. The first-order valence-corrected chi connectivity index (χ1v) is 7.18. The second-order valence-corrected chi connectivity index (χ2v) is 4.53. The Morgan fingerprint density at radius 1 is 1.27 bits per heavy atom. The molecule has 0 aromatic heterocycles. The molecule has 0 saturated carbocycles. The van der Waals surface area contributed by atoms with Gasteiger partial charge in [-0.25, -0.2) is 0 Å². The Bertz CT molecular complexity index is 492. The highest BCUT2D eigenvalue weighted by molar-refractivity contribution is 5.78. The molecule has 0 bridgehead atoms. The zero-order valence-electron chi connectivity index (χ0n) is 13.2. The van der Waals surface area contributed by atoms with Crippen molar-refractivity contribution in [3.8, 4) is 11.5 Å². The number of halogens is 2. The Balaban J connectivity index is 2.72. The summed E-state index contributed by atoms with van der Waals surface area (Å²) < 4.78 is 34.2. The molecular formula is C15H23F2N3O2. The third-order valence-electron chi connectivity index (χ3n) is 3.21. The smallest absolute Gasteiger partial charge is 0.387 e. The minimum absolute atomic E-state index is 0.0238. The van der Waals surface area contributed by atoms with E-state index in [9.17, 15) is 8.78 Å². The molecule has 0 amide bonds. The lowest BCUT2D eigenvalue weighted by atomic mass is 10.1. The molecule has 0 aliphatic carbocycles. The molecule has 0 unspecified atom stereocenters. The van der Waals surface area contributed by atoms with E-state index in [-0.39, 0.29) is 11.5 Å². The number of nitrogens with zero attached hydrogens (tertiary/aromatic N) is 2. The van der Waals surface area contributed by atoms with Gasteiger partial charge in [0.2, 0.25) is 0 Å². The number of nitrogens with two attached hydrogens (primary N) is 1. The van der Waals surface area contributed by atoms with Crippen molar-refractivity contribution in [1.82, 2.24) is 4.90 Å². The van der Waals surface area contributed by atoms with Gasteiger partial charge >= 0.3 is 6.61 Å². The van der Waals surface area contributed by atoms with Crippen molar-refractivity contribution in [3.05, 3.63) is 23.8 Å². The maximum atomic E-state index is 12.4. The lowest BCUT2D eigenvalue weighted by Crippen LogP contribution is -2.37. The standard InChI is InChI=1S/C15H23F2N3O2/c1-4-20(5-2)15(18)19-9-8-11-6-7-12(21-3)13(10-11)22-14(16)17/h6-7,10,14H,4-5,8-9H2,1-3H3,(H2,18,19). The summed E-state index contributed by atoms with van der Waals surface area (Å²) in [6, 6.07) is 4.93. The predicted molar refractivity (Wildman–Crippen MR) is 82.7 cm³/mol. The molecule has 0 heterocycles. The number of benzene rings is 1. The number of aliphatic imine (C=N–C) groups is 1. The van der Waals surface area contributed by atoms with Crippen molar-refractivity contribution in [2.75, 3.05) is 26.7 Å². The summed E-state index contributed by atoms with van der Waals surface area (Å²) in [6.07, 6.45) is 0.575. The minimum Gasteiger partial charge on any atom is -0.493 e. The summed E-state index contributed by atoms with van der Waals surface area (Å²) in [6.45, 7) is 3.18. The van der Waals surface area contributed by atoms with E-state index in [0.717, 1.165) is 18.7 Å². The largest absolute Gasteiger partial charge is 0.493 e. The number of ether oxygens (including phenoxy) is 2. The van der Waals surface area contributed by atoms with Crippen LogP contribution in [0.5, 0.6) is 11.5 Å². The van der Waals surface area contributed by atoms with Crippen molar-refractivity contribution in [3.63, 3.8) is 0 Å². The maximum Gasteiger partial charge on any atom is 0.387 e. The maximum absolute atomic E-state index is 12.4. The number of methoxy groups -OCH3 is 1. The molecule has 22 heavy (non-hydrogen) atoms. The number of rotatable bonds is 8. The molecule has 0 aliphatic rings. The zero-order valence-corrected chi connectivity index (χ0v) is 13.2. The molecule has 1 aromatic rings. The molecule has 1 aromatic carbocycles. The molecule has 0 aliphatic heterocycles. The van der Waals surface area contributed by atoms with E-state index in [1.54, 1.807) is 12.1 Å². The van der Waals surface area contributed by atoms with Crippen LogP contribution in [-0.2, 0) is 6.42 Å². The second kappa shape index (κ2) is 9.07. The van der Waals surface area contributed by atoms with Crippen molar-refractivity contribution in [1.29, 1.82) is 0 Å². The molecule has 124 valence electrons. The summed E-state index contributed by atoms with van der Waals surface area (Å²) in [4.78, 5) is 6.24. The fourth-order valence-corrected chi connectivity index (χ4v) is 2.01. The van der Waals surface area contributed by atoms with Crippen molar-refractivity contribution in [2.24, 2.45) is 10.7 Å². The van der Waals surface area contributed by atoms with E-state index in [1.807, 2.05) is 18.7 Å². The van der Waals surface area contributed by atoms with Gasteiger partial charge in [0.1, 0.15) is 0 Å². The molecule has 0 atom stereocenters. The highest BCUT2D eigenvalue weighted by atomic mass is 19.3. The van der Waals surface area contributed by atoms with Crippen LogP contribution in [0.2, 0.25) is 0 Å². The van der Waals surface area contributed by atoms with Gasteiger partial charge in [0.05, 0.1) is 7.11 Å². The van der Waals surface area contributed by atoms with E-state index in [2.05, 4.69) is 9.73 Å². The number of guanidine groups is 1. The van der Waals surface area contributed by atoms with Crippen LogP contribution in [0, 0.1) is 0 Å². The zero-order chi connectivity index (χ0) is 16.5. The quantitative estimate of drug-likeness (QED) is 0.591. The molecule has 2 N–H and O–H groups in total. The van der Waals surface area contributed by atoms with E-state index >= 15 is 0 Å². The SMILES string of the molecule is CCN(CC)C(N)=NCCc1ccc(OC)c(OC(F)F)c1. The molecular weight excluding hydrogens is 292 g/mol. The second-order valence-electron chi connectivity index (χ2n) is 4.53. The fraction of sp³-hybridized carbons (Fsp3) is 0.533. The number of hydrogen-bond donors (Lipinski definition) is 1. The normalized spacial score (nSPS) is 11.6. The molecule has 0 radical (unpaired) electrons. The van der Waals surface area contributed by atoms with Gasteiger partial charge in [-0.1, -0.05) is 6.07 Å². The van der Waals surface area contributed by atoms with Gasteiger partial charge < -0.3 is 20.1 Å². The third kappa shape index (κ3) is 5.38. The topological polar surface area (TPSA) is 60.1 Å². The first-order chi connectivity index (χ1) is 10.5. The summed E-state index contributed by atoms with van der Waals surface area (Å²) in [5.74, 6) is 0.786. The minimum atomic E-state index is -2.89. The highest BCUT2D eigenvalue weighted by Gasteiger charge is 2.11. The molecule has 0 fully saturated rings. The number of alkyl halides is 2. The summed E-state index contributed by atoms with van der Waals surface area (Å²) in [5.41, 5.74) is 6.70.